The van der Waals surface area contributed by atoms with Gasteiger partial charge in [-0.1, -0.05) is 6.42 Å². The van der Waals surface area contributed by atoms with Gasteiger partial charge in [0.2, 0.25) is 0 Å². The Morgan fingerprint density at radius 3 is 2.62 bits per heavy atom. The molecule has 0 radical (unpaired) electrons. The first-order chi connectivity index (χ1) is 10.0. The molecule has 3 rings (SSSR count). The molecule has 3 heterocycles. The number of carboxylic acids is 1. The normalized spacial score (nSPS) is 29.1. The molecule has 2 bridgehead atoms. The van der Waals surface area contributed by atoms with Gasteiger partial charge in [0.15, 0.2) is 0 Å². The molecule has 5 nitrogen and oxygen atoms in total. The molecule has 1 aromatic rings. The van der Waals surface area contributed by atoms with Gasteiger partial charge in [0, 0.05) is 23.8 Å². The van der Waals surface area contributed by atoms with E-state index in [2.05, 4.69) is 22.2 Å². The lowest BCUT2D eigenvalue weighted by Gasteiger charge is -2.47. The number of aryl methyl sites for hydroxylation is 1. The SMILES string of the molecule is Cc1cc(C(=O)O)cc(NC2CC3CCCC(C2)N3C)n1. The number of fused-ring (bicyclic) bond motifs is 2. The smallest absolute Gasteiger partial charge is 0.335 e. The maximum absolute atomic E-state index is 11.1. The first kappa shape index (κ1) is 14.3. The number of pyridine rings is 1. The Kier molecular flexibility index (Phi) is 3.85. The minimum atomic E-state index is -0.899. The van der Waals surface area contributed by atoms with Gasteiger partial charge in [-0.2, -0.15) is 0 Å². The highest BCUT2D eigenvalue weighted by atomic mass is 16.4. The molecular formula is C16H23N3O2. The monoisotopic (exact) mass is 289 g/mol. The van der Waals surface area contributed by atoms with Crippen molar-refractivity contribution in [3.8, 4) is 0 Å². The number of piperidine rings is 2. The summed E-state index contributed by atoms with van der Waals surface area (Å²) in [7, 11) is 2.23. The Morgan fingerprint density at radius 2 is 2.00 bits per heavy atom. The number of carboxylic acid groups (broad SMARTS) is 1. The van der Waals surface area contributed by atoms with Crippen LogP contribution >= 0.6 is 0 Å². The summed E-state index contributed by atoms with van der Waals surface area (Å²) in [6.07, 6.45) is 6.11. The fourth-order valence-electron chi connectivity index (χ4n) is 3.81. The number of hydrogen-bond acceptors (Lipinski definition) is 4. The quantitative estimate of drug-likeness (QED) is 0.895. The average molecular weight is 289 g/mol. The summed E-state index contributed by atoms with van der Waals surface area (Å²) >= 11 is 0. The summed E-state index contributed by atoms with van der Waals surface area (Å²) in [5, 5.41) is 12.6. The molecule has 2 aliphatic heterocycles. The summed E-state index contributed by atoms with van der Waals surface area (Å²) in [5.41, 5.74) is 1.05. The second-order valence-electron chi connectivity index (χ2n) is 6.40. The van der Waals surface area contributed by atoms with Crippen LogP contribution < -0.4 is 5.32 Å². The number of nitrogens with zero attached hydrogens (tertiary/aromatic N) is 2. The minimum Gasteiger partial charge on any atom is -0.478 e. The fraction of sp³-hybridized carbons (Fsp3) is 0.625. The Balaban J connectivity index is 1.74. The van der Waals surface area contributed by atoms with Crippen LogP contribution in [0.5, 0.6) is 0 Å². The molecule has 2 aliphatic rings. The molecule has 2 atom stereocenters. The number of rotatable bonds is 3. The highest BCUT2D eigenvalue weighted by molar-refractivity contribution is 5.88. The van der Waals surface area contributed by atoms with Crippen molar-refractivity contribution in [2.75, 3.05) is 12.4 Å². The van der Waals surface area contributed by atoms with Gasteiger partial charge < -0.3 is 15.3 Å². The second kappa shape index (κ2) is 5.64. The highest BCUT2D eigenvalue weighted by Crippen LogP contribution is 2.33. The van der Waals surface area contributed by atoms with Crippen LogP contribution in [0.3, 0.4) is 0 Å². The van der Waals surface area contributed by atoms with Crippen LogP contribution in [0.1, 0.15) is 48.2 Å². The van der Waals surface area contributed by atoms with E-state index in [1.807, 2.05) is 6.92 Å². The van der Waals surface area contributed by atoms with Crippen LogP contribution in [0, 0.1) is 6.92 Å². The number of nitrogens with one attached hydrogen (secondary N) is 1. The molecule has 0 aromatic carbocycles. The van der Waals surface area contributed by atoms with Gasteiger partial charge in [0.05, 0.1) is 5.56 Å². The Morgan fingerprint density at radius 1 is 1.33 bits per heavy atom. The van der Waals surface area contributed by atoms with E-state index >= 15 is 0 Å². The fourth-order valence-corrected chi connectivity index (χ4v) is 3.81. The van der Waals surface area contributed by atoms with E-state index in [1.165, 1.54) is 19.3 Å². The first-order valence-corrected chi connectivity index (χ1v) is 7.73. The summed E-state index contributed by atoms with van der Waals surface area (Å²) < 4.78 is 0. The molecule has 2 unspecified atom stereocenters. The molecule has 114 valence electrons. The van der Waals surface area contributed by atoms with Crippen molar-refractivity contribution >= 4 is 11.8 Å². The molecular weight excluding hydrogens is 266 g/mol. The number of carbonyl (C=O) groups is 1. The van der Waals surface area contributed by atoms with Crippen molar-refractivity contribution in [1.82, 2.24) is 9.88 Å². The molecule has 2 saturated heterocycles. The standard InChI is InChI=1S/C16H23N3O2/c1-10-6-11(16(20)21)7-15(17-10)18-12-8-13-4-3-5-14(9-12)19(13)2/h6-7,12-14H,3-5,8-9H2,1-2H3,(H,17,18)(H,20,21). The Bertz CT molecular complexity index is 532. The van der Waals surface area contributed by atoms with E-state index in [0.717, 1.165) is 18.5 Å². The highest BCUT2D eigenvalue weighted by Gasteiger charge is 2.35. The molecule has 21 heavy (non-hydrogen) atoms. The molecule has 2 N–H and O–H groups in total. The Labute approximate surface area is 125 Å². The minimum absolute atomic E-state index is 0.304. The predicted octanol–water partition coefficient (Wildman–Crippen LogP) is 2.52. The lowest BCUT2D eigenvalue weighted by Crippen LogP contribution is -2.52. The Hall–Kier alpha value is -1.62. The van der Waals surface area contributed by atoms with Crippen LogP contribution in [0.15, 0.2) is 12.1 Å². The van der Waals surface area contributed by atoms with E-state index in [9.17, 15) is 4.79 Å². The maximum atomic E-state index is 11.1. The van der Waals surface area contributed by atoms with Gasteiger partial charge >= 0.3 is 5.97 Å². The van der Waals surface area contributed by atoms with Crippen LogP contribution in [0.25, 0.3) is 0 Å². The number of anilines is 1. The zero-order valence-corrected chi connectivity index (χ0v) is 12.7. The topological polar surface area (TPSA) is 65.5 Å². The zero-order chi connectivity index (χ0) is 15.0. The van der Waals surface area contributed by atoms with E-state index in [0.29, 0.717) is 29.5 Å². The van der Waals surface area contributed by atoms with Crippen LogP contribution in [0.4, 0.5) is 5.82 Å². The van der Waals surface area contributed by atoms with Crippen molar-refractivity contribution in [3.05, 3.63) is 23.4 Å². The first-order valence-electron chi connectivity index (χ1n) is 7.73. The predicted molar refractivity (Wildman–Crippen MR) is 81.8 cm³/mol. The average Bonchev–Trinajstić information content (AvgIpc) is 2.39. The maximum Gasteiger partial charge on any atom is 0.335 e. The van der Waals surface area contributed by atoms with Gasteiger partial charge in [0.25, 0.3) is 0 Å². The van der Waals surface area contributed by atoms with Crippen molar-refractivity contribution in [3.63, 3.8) is 0 Å². The zero-order valence-electron chi connectivity index (χ0n) is 12.7. The number of aromatic nitrogens is 1. The third kappa shape index (κ3) is 3.02. The van der Waals surface area contributed by atoms with E-state index in [4.69, 9.17) is 5.11 Å². The van der Waals surface area contributed by atoms with Gasteiger partial charge in [-0.05, 0) is 51.8 Å². The van der Waals surface area contributed by atoms with Crippen LogP contribution in [-0.4, -0.2) is 46.1 Å². The lowest BCUT2D eigenvalue weighted by molar-refractivity contribution is 0.0607. The third-order valence-electron chi connectivity index (χ3n) is 4.89. The third-order valence-corrected chi connectivity index (χ3v) is 4.89. The molecule has 0 aliphatic carbocycles. The molecule has 0 amide bonds. The molecule has 0 saturated carbocycles. The van der Waals surface area contributed by atoms with Gasteiger partial charge in [-0.3, -0.25) is 0 Å². The van der Waals surface area contributed by atoms with Crippen molar-refractivity contribution in [2.45, 2.75) is 57.2 Å². The van der Waals surface area contributed by atoms with Gasteiger partial charge in [-0.25, -0.2) is 9.78 Å². The largest absolute Gasteiger partial charge is 0.478 e. The molecule has 0 spiro atoms. The summed E-state index contributed by atoms with van der Waals surface area (Å²) in [5.74, 6) is -0.205. The van der Waals surface area contributed by atoms with Crippen molar-refractivity contribution in [1.29, 1.82) is 0 Å². The lowest BCUT2D eigenvalue weighted by atomic mass is 9.82. The summed E-state index contributed by atoms with van der Waals surface area (Å²) in [6.45, 7) is 1.83. The van der Waals surface area contributed by atoms with Crippen LogP contribution in [0.2, 0.25) is 0 Å². The van der Waals surface area contributed by atoms with E-state index in [1.54, 1.807) is 12.1 Å². The van der Waals surface area contributed by atoms with Gasteiger partial charge in [-0.15, -0.1) is 0 Å². The number of hydrogen-bond donors (Lipinski definition) is 2. The van der Waals surface area contributed by atoms with E-state index in [-0.39, 0.29) is 0 Å². The van der Waals surface area contributed by atoms with Crippen molar-refractivity contribution < 1.29 is 9.90 Å². The summed E-state index contributed by atoms with van der Waals surface area (Å²) in [6, 6.07) is 4.95. The van der Waals surface area contributed by atoms with Gasteiger partial charge in [0.1, 0.15) is 5.82 Å². The number of aromatic carboxylic acids is 1. The van der Waals surface area contributed by atoms with Crippen molar-refractivity contribution in [2.24, 2.45) is 0 Å². The van der Waals surface area contributed by atoms with Crippen LogP contribution in [-0.2, 0) is 0 Å². The molecule has 2 fully saturated rings. The van der Waals surface area contributed by atoms with E-state index < -0.39 is 5.97 Å². The molecule has 1 aromatic heterocycles. The summed E-state index contributed by atoms with van der Waals surface area (Å²) in [4.78, 5) is 18.1. The molecule has 5 heteroatoms. The second-order valence-corrected chi connectivity index (χ2v) is 6.40.